The first-order valence-corrected chi connectivity index (χ1v) is 9.91. The van der Waals surface area contributed by atoms with Crippen molar-refractivity contribution < 1.29 is 19.1 Å². The maximum atomic E-state index is 12.0. The summed E-state index contributed by atoms with van der Waals surface area (Å²) >= 11 is 3.42. The van der Waals surface area contributed by atoms with Gasteiger partial charge in [-0.3, -0.25) is 9.59 Å². The van der Waals surface area contributed by atoms with Crippen LogP contribution < -0.4 is 20.2 Å². The van der Waals surface area contributed by atoms with E-state index in [0.29, 0.717) is 22.6 Å². The van der Waals surface area contributed by atoms with Gasteiger partial charge >= 0.3 is 0 Å². The van der Waals surface area contributed by atoms with Gasteiger partial charge in [0.2, 0.25) is 11.8 Å². The number of carbonyl (C=O) groups excluding carboxylic acids is 2. The summed E-state index contributed by atoms with van der Waals surface area (Å²) in [6.45, 7) is 4.28. The number of hydrazone groups is 1. The van der Waals surface area contributed by atoms with Crippen LogP contribution in [0.2, 0.25) is 0 Å². The molecular formula is C21H24BrN3O4. The van der Waals surface area contributed by atoms with Gasteiger partial charge in [-0.05, 0) is 59.1 Å². The first-order valence-electron chi connectivity index (χ1n) is 9.12. The fraction of sp³-hybridized carbons (Fsp3) is 0.286. The molecule has 0 unspecified atom stereocenters. The number of nitrogens with zero attached hydrogens (tertiary/aromatic N) is 1. The van der Waals surface area contributed by atoms with E-state index in [1.807, 2.05) is 38.1 Å². The van der Waals surface area contributed by atoms with Gasteiger partial charge in [-0.15, -0.1) is 0 Å². The number of hydrogen-bond donors (Lipinski definition) is 2. The normalized spacial score (nSPS) is 10.6. The van der Waals surface area contributed by atoms with Crippen molar-refractivity contribution >= 4 is 39.6 Å². The summed E-state index contributed by atoms with van der Waals surface area (Å²) < 4.78 is 11.6. The van der Waals surface area contributed by atoms with Crippen LogP contribution in [0.15, 0.2) is 46.0 Å². The van der Waals surface area contributed by atoms with Crippen molar-refractivity contribution in [3.05, 3.63) is 52.0 Å². The molecule has 0 atom stereocenters. The number of para-hydroxylation sites is 1. The Morgan fingerprint density at radius 3 is 2.59 bits per heavy atom. The van der Waals surface area contributed by atoms with Crippen LogP contribution in [0.3, 0.4) is 0 Å². The lowest BCUT2D eigenvalue weighted by molar-refractivity contribution is -0.124. The maximum Gasteiger partial charge on any atom is 0.240 e. The fourth-order valence-electron chi connectivity index (χ4n) is 2.51. The van der Waals surface area contributed by atoms with E-state index >= 15 is 0 Å². The van der Waals surface area contributed by atoms with Crippen molar-refractivity contribution in [1.82, 2.24) is 5.43 Å². The molecule has 2 aromatic carbocycles. The van der Waals surface area contributed by atoms with Crippen LogP contribution in [-0.4, -0.2) is 31.7 Å². The highest BCUT2D eigenvalue weighted by Gasteiger charge is 2.11. The lowest BCUT2D eigenvalue weighted by Crippen LogP contribution is -2.20. The molecule has 0 aliphatic rings. The standard InChI is InChI=1S/C21H24BrN3O4/c1-4-29-18-12-15(11-16(22)21(18)28-3)13-23-25-20(27)10-9-19(26)24-17-8-6-5-7-14(17)2/h5-8,11-13H,4,9-10H2,1-3H3,(H,24,26)(H,25,27). The number of carbonyl (C=O) groups is 2. The Bertz CT molecular complexity index is 899. The van der Waals surface area contributed by atoms with Gasteiger partial charge in [-0.2, -0.15) is 5.10 Å². The van der Waals surface area contributed by atoms with E-state index in [1.54, 1.807) is 19.2 Å². The fourth-order valence-corrected chi connectivity index (χ4v) is 3.13. The number of aryl methyl sites for hydroxylation is 1. The summed E-state index contributed by atoms with van der Waals surface area (Å²) in [7, 11) is 1.56. The summed E-state index contributed by atoms with van der Waals surface area (Å²) in [5.74, 6) is 0.593. The minimum atomic E-state index is -0.348. The molecule has 2 rings (SSSR count). The number of ether oxygens (including phenoxy) is 2. The lowest BCUT2D eigenvalue weighted by Gasteiger charge is -2.11. The molecule has 0 heterocycles. The monoisotopic (exact) mass is 461 g/mol. The molecule has 8 heteroatoms. The number of amides is 2. The first kappa shape index (κ1) is 22.4. The Morgan fingerprint density at radius 2 is 1.90 bits per heavy atom. The van der Waals surface area contributed by atoms with Crippen LogP contribution in [0.25, 0.3) is 0 Å². The van der Waals surface area contributed by atoms with Crippen LogP contribution in [0.1, 0.15) is 30.9 Å². The third-order valence-electron chi connectivity index (χ3n) is 3.94. The molecule has 0 radical (unpaired) electrons. The van der Waals surface area contributed by atoms with Gasteiger partial charge in [-0.1, -0.05) is 18.2 Å². The van der Waals surface area contributed by atoms with Crippen LogP contribution in [0.5, 0.6) is 11.5 Å². The molecular weight excluding hydrogens is 438 g/mol. The lowest BCUT2D eigenvalue weighted by atomic mass is 10.2. The SMILES string of the molecule is CCOc1cc(C=NNC(=O)CCC(=O)Nc2ccccc2C)cc(Br)c1OC. The van der Waals surface area contributed by atoms with Crippen molar-refractivity contribution in [2.75, 3.05) is 19.0 Å². The number of halogens is 1. The second-order valence-corrected chi connectivity index (χ2v) is 6.98. The number of hydrogen-bond acceptors (Lipinski definition) is 5. The number of rotatable bonds is 9. The zero-order valence-corrected chi connectivity index (χ0v) is 18.2. The first-order chi connectivity index (χ1) is 13.9. The summed E-state index contributed by atoms with van der Waals surface area (Å²) in [4.78, 5) is 23.9. The molecule has 2 N–H and O–H groups in total. The summed E-state index contributed by atoms with van der Waals surface area (Å²) in [6, 6.07) is 11.0. The minimum absolute atomic E-state index is 0.0333. The van der Waals surface area contributed by atoms with Crippen molar-refractivity contribution in [3.8, 4) is 11.5 Å². The minimum Gasteiger partial charge on any atom is -0.492 e. The molecule has 0 aliphatic carbocycles. The highest BCUT2D eigenvalue weighted by Crippen LogP contribution is 2.36. The molecule has 0 aliphatic heterocycles. The smallest absolute Gasteiger partial charge is 0.240 e. The second-order valence-electron chi connectivity index (χ2n) is 6.12. The molecule has 0 fully saturated rings. The number of anilines is 1. The van der Waals surface area contributed by atoms with Crippen molar-refractivity contribution in [2.24, 2.45) is 5.10 Å². The second kappa shape index (κ2) is 11.2. The Kier molecular flexibility index (Phi) is 8.67. The van der Waals surface area contributed by atoms with Gasteiger partial charge in [0.05, 0.1) is 24.4 Å². The summed E-state index contributed by atoms with van der Waals surface area (Å²) in [6.07, 6.45) is 1.60. The number of nitrogens with one attached hydrogen (secondary N) is 2. The van der Waals surface area contributed by atoms with Crippen LogP contribution in [0, 0.1) is 6.92 Å². The summed E-state index contributed by atoms with van der Waals surface area (Å²) in [5.41, 5.74) is 4.85. The zero-order chi connectivity index (χ0) is 21.2. The zero-order valence-electron chi connectivity index (χ0n) is 16.6. The van der Waals surface area contributed by atoms with Crippen LogP contribution in [-0.2, 0) is 9.59 Å². The summed E-state index contributed by atoms with van der Waals surface area (Å²) in [5, 5.41) is 6.74. The van der Waals surface area contributed by atoms with E-state index in [0.717, 1.165) is 16.8 Å². The number of methoxy groups -OCH3 is 1. The molecule has 0 saturated heterocycles. The molecule has 0 saturated carbocycles. The predicted octanol–water partition coefficient (Wildman–Crippen LogP) is 4.03. The Morgan fingerprint density at radius 1 is 1.17 bits per heavy atom. The van der Waals surface area contributed by atoms with Gasteiger partial charge in [0.15, 0.2) is 11.5 Å². The molecule has 0 spiro atoms. The average molecular weight is 462 g/mol. The topological polar surface area (TPSA) is 89.0 Å². The largest absolute Gasteiger partial charge is 0.492 e. The highest BCUT2D eigenvalue weighted by atomic mass is 79.9. The molecule has 7 nitrogen and oxygen atoms in total. The van der Waals surface area contributed by atoms with Gasteiger partial charge in [0.1, 0.15) is 0 Å². The maximum absolute atomic E-state index is 12.0. The van der Waals surface area contributed by atoms with Gasteiger partial charge in [-0.25, -0.2) is 5.43 Å². The third-order valence-corrected chi connectivity index (χ3v) is 4.53. The van der Waals surface area contributed by atoms with E-state index < -0.39 is 0 Å². The Labute approximate surface area is 178 Å². The molecule has 0 aromatic heterocycles. The van der Waals surface area contributed by atoms with Gasteiger partial charge < -0.3 is 14.8 Å². The van der Waals surface area contributed by atoms with Crippen molar-refractivity contribution in [2.45, 2.75) is 26.7 Å². The molecule has 29 heavy (non-hydrogen) atoms. The van der Waals surface area contributed by atoms with E-state index in [4.69, 9.17) is 9.47 Å². The molecule has 2 amide bonds. The van der Waals surface area contributed by atoms with Gasteiger partial charge in [0.25, 0.3) is 0 Å². The van der Waals surface area contributed by atoms with Crippen LogP contribution >= 0.6 is 15.9 Å². The number of benzene rings is 2. The quantitative estimate of drug-likeness (QED) is 0.435. The molecule has 154 valence electrons. The van der Waals surface area contributed by atoms with E-state index in [2.05, 4.69) is 31.8 Å². The average Bonchev–Trinajstić information content (AvgIpc) is 2.68. The van der Waals surface area contributed by atoms with Crippen molar-refractivity contribution in [3.63, 3.8) is 0 Å². The molecule has 2 aromatic rings. The highest BCUT2D eigenvalue weighted by molar-refractivity contribution is 9.10. The third kappa shape index (κ3) is 6.90. The van der Waals surface area contributed by atoms with E-state index in [1.165, 1.54) is 6.21 Å². The van der Waals surface area contributed by atoms with Gasteiger partial charge in [0, 0.05) is 18.5 Å². The van der Waals surface area contributed by atoms with E-state index in [-0.39, 0.29) is 24.7 Å². The van der Waals surface area contributed by atoms with Crippen molar-refractivity contribution in [1.29, 1.82) is 0 Å². The Balaban J connectivity index is 1.86. The van der Waals surface area contributed by atoms with E-state index in [9.17, 15) is 9.59 Å². The Hall–Kier alpha value is -2.87. The predicted molar refractivity (Wildman–Crippen MR) is 117 cm³/mol. The van der Waals surface area contributed by atoms with Crippen LogP contribution in [0.4, 0.5) is 5.69 Å². The molecule has 0 bridgehead atoms.